The van der Waals surface area contributed by atoms with Crippen LogP contribution in [-0.4, -0.2) is 11.2 Å². The Morgan fingerprint density at radius 2 is 1.88 bits per heavy atom. The molecule has 1 N–H and O–H groups in total. The van der Waals surface area contributed by atoms with Crippen molar-refractivity contribution in [3.63, 3.8) is 0 Å². The summed E-state index contributed by atoms with van der Waals surface area (Å²) in [6, 6.07) is 8.17. The standard InChI is InChI=1S/C15H22O/c1-4-5-6-7-15(16)13(3)14-10-8-12(2)9-11-14/h8-11,15-16H,3-7H2,1-2H3. The van der Waals surface area contributed by atoms with Crippen LogP contribution in [0.4, 0.5) is 0 Å². The third-order valence-corrected chi connectivity index (χ3v) is 2.91. The fourth-order valence-electron chi connectivity index (χ4n) is 1.72. The van der Waals surface area contributed by atoms with Gasteiger partial charge in [0, 0.05) is 0 Å². The van der Waals surface area contributed by atoms with E-state index in [1.165, 1.54) is 18.4 Å². The molecule has 88 valence electrons. The van der Waals surface area contributed by atoms with Crippen LogP contribution in [0.1, 0.15) is 43.7 Å². The number of hydrogen-bond donors (Lipinski definition) is 1. The average molecular weight is 218 g/mol. The van der Waals surface area contributed by atoms with Gasteiger partial charge < -0.3 is 5.11 Å². The van der Waals surface area contributed by atoms with Crippen LogP contribution in [0.15, 0.2) is 30.8 Å². The summed E-state index contributed by atoms with van der Waals surface area (Å²) in [6.45, 7) is 8.21. The van der Waals surface area contributed by atoms with Gasteiger partial charge >= 0.3 is 0 Å². The van der Waals surface area contributed by atoms with Crippen LogP contribution >= 0.6 is 0 Å². The maximum Gasteiger partial charge on any atom is 0.0790 e. The lowest BCUT2D eigenvalue weighted by molar-refractivity contribution is 0.218. The average Bonchev–Trinajstić information content (AvgIpc) is 2.29. The topological polar surface area (TPSA) is 20.2 Å². The Bertz CT molecular complexity index is 324. The molecule has 0 aliphatic heterocycles. The number of rotatable bonds is 6. The molecule has 16 heavy (non-hydrogen) atoms. The van der Waals surface area contributed by atoms with Crippen molar-refractivity contribution in [3.8, 4) is 0 Å². The van der Waals surface area contributed by atoms with Crippen LogP contribution in [0.2, 0.25) is 0 Å². The quantitative estimate of drug-likeness (QED) is 0.717. The number of aliphatic hydroxyl groups excluding tert-OH is 1. The highest BCUT2D eigenvalue weighted by Crippen LogP contribution is 2.20. The van der Waals surface area contributed by atoms with E-state index in [9.17, 15) is 5.11 Å². The van der Waals surface area contributed by atoms with E-state index in [0.717, 1.165) is 24.0 Å². The van der Waals surface area contributed by atoms with E-state index >= 15 is 0 Å². The smallest absolute Gasteiger partial charge is 0.0790 e. The van der Waals surface area contributed by atoms with Gasteiger partial charge in [-0.3, -0.25) is 0 Å². The Morgan fingerprint density at radius 1 is 1.25 bits per heavy atom. The molecule has 0 saturated carbocycles. The fourth-order valence-corrected chi connectivity index (χ4v) is 1.72. The van der Waals surface area contributed by atoms with Crippen LogP contribution in [0.5, 0.6) is 0 Å². The van der Waals surface area contributed by atoms with Crippen LogP contribution < -0.4 is 0 Å². The largest absolute Gasteiger partial charge is 0.388 e. The number of benzene rings is 1. The van der Waals surface area contributed by atoms with Crippen molar-refractivity contribution < 1.29 is 5.11 Å². The van der Waals surface area contributed by atoms with Gasteiger partial charge in [-0.25, -0.2) is 0 Å². The van der Waals surface area contributed by atoms with Gasteiger partial charge in [0.05, 0.1) is 6.10 Å². The minimum absolute atomic E-state index is 0.394. The summed E-state index contributed by atoms with van der Waals surface area (Å²) in [5.74, 6) is 0. The molecule has 0 aliphatic carbocycles. The Morgan fingerprint density at radius 3 is 2.44 bits per heavy atom. The van der Waals surface area contributed by atoms with Gasteiger partial charge in [0.25, 0.3) is 0 Å². The second-order valence-electron chi connectivity index (χ2n) is 4.40. The van der Waals surface area contributed by atoms with Crippen LogP contribution in [-0.2, 0) is 0 Å². The molecular formula is C15H22O. The zero-order chi connectivity index (χ0) is 12.0. The van der Waals surface area contributed by atoms with E-state index in [-0.39, 0.29) is 0 Å². The second kappa shape index (κ2) is 6.49. The highest BCUT2D eigenvalue weighted by Gasteiger charge is 2.09. The van der Waals surface area contributed by atoms with Crippen LogP contribution in [0.3, 0.4) is 0 Å². The lowest BCUT2D eigenvalue weighted by Gasteiger charge is -2.14. The first-order valence-corrected chi connectivity index (χ1v) is 6.09. The van der Waals surface area contributed by atoms with E-state index in [1.807, 2.05) is 12.1 Å². The normalized spacial score (nSPS) is 12.4. The summed E-state index contributed by atoms with van der Waals surface area (Å²) in [5.41, 5.74) is 3.13. The number of hydrogen-bond acceptors (Lipinski definition) is 1. The molecular weight excluding hydrogens is 196 g/mol. The molecule has 1 aromatic rings. The second-order valence-corrected chi connectivity index (χ2v) is 4.40. The molecule has 1 atom stereocenters. The van der Waals surface area contributed by atoms with Gasteiger partial charge in [-0.05, 0) is 24.5 Å². The lowest BCUT2D eigenvalue weighted by atomic mass is 9.97. The number of aliphatic hydroxyl groups is 1. The van der Waals surface area contributed by atoms with E-state index in [1.54, 1.807) is 0 Å². The van der Waals surface area contributed by atoms with Crippen molar-refractivity contribution in [1.82, 2.24) is 0 Å². The molecule has 0 aromatic heterocycles. The SMILES string of the molecule is C=C(c1ccc(C)cc1)C(O)CCCCC. The highest BCUT2D eigenvalue weighted by atomic mass is 16.3. The van der Waals surface area contributed by atoms with Crippen molar-refractivity contribution in [2.24, 2.45) is 0 Å². The molecule has 0 spiro atoms. The van der Waals surface area contributed by atoms with Crippen molar-refractivity contribution in [3.05, 3.63) is 42.0 Å². The Labute approximate surface area is 98.8 Å². The van der Waals surface area contributed by atoms with Gasteiger partial charge in [0.1, 0.15) is 0 Å². The van der Waals surface area contributed by atoms with Crippen LogP contribution in [0, 0.1) is 6.92 Å². The van der Waals surface area contributed by atoms with E-state index in [4.69, 9.17) is 0 Å². The molecule has 1 aromatic carbocycles. The fraction of sp³-hybridized carbons (Fsp3) is 0.467. The highest BCUT2D eigenvalue weighted by molar-refractivity contribution is 5.66. The van der Waals surface area contributed by atoms with E-state index in [2.05, 4.69) is 32.6 Å². The van der Waals surface area contributed by atoms with Gasteiger partial charge in [0.2, 0.25) is 0 Å². The van der Waals surface area contributed by atoms with E-state index < -0.39 is 6.10 Å². The summed E-state index contributed by atoms with van der Waals surface area (Å²) < 4.78 is 0. The zero-order valence-corrected chi connectivity index (χ0v) is 10.4. The van der Waals surface area contributed by atoms with Crippen molar-refractivity contribution >= 4 is 5.57 Å². The molecule has 0 radical (unpaired) electrons. The summed E-state index contributed by atoms with van der Waals surface area (Å²) in [6.07, 6.45) is 3.86. The molecule has 0 heterocycles. The first-order chi connectivity index (χ1) is 7.65. The molecule has 0 saturated heterocycles. The molecule has 1 unspecified atom stereocenters. The Balaban J connectivity index is 2.53. The summed E-state index contributed by atoms with van der Waals surface area (Å²) in [5, 5.41) is 9.97. The molecule has 0 aliphatic rings. The molecule has 0 fully saturated rings. The van der Waals surface area contributed by atoms with Gasteiger partial charge in [0.15, 0.2) is 0 Å². The predicted molar refractivity (Wildman–Crippen MR) is 70.4 cm³/mol. The molecule has 0 amide bonds. The van der Waals surface area contributed by atoms with Gasteiger partial charge in [-0.2, -0.15) is 0 Å². The third kappa shape index (κ3) is 3.82. The number of aryl methyl sites for hydroxylation is 1. The summed E-state index contributed by atoms with van der Waals surface area (Å²) >= 11 is 0. The summed E-state index contributed by atoms with van der Waals surface area (Å²) in [4.78, 5) is 0. The maximum atomic E-state index is 9.97. The molecule has 1 nitrogen and oxygen atoms in total. The molecule has 0 bridgehead atoms. The van der Waals surface area contributed by atoms with Crippen molar-refractivity contribution in [2.45, 2.75) is 45.6 Å². The first kappa shape index (κ1) is 13.0. The lowest BCUT2D eigenvalue weighted by Crippen LogP contribution is -2.08. The molecule has 1 heteroatoms. The van der Waals surface area contributed by atoms with E-state index in [0.29, 0.717) is 0 Å². The summed E-state index contributed by atoms with van der Waals surface area (Å²) in [7, 11) is 0. The number of unbranched alkanes of at least 4 members (excludes halogenated alkanes) is 2. The van der Waals surface area contributed by atoms with Crippen LogP contribution in [0.25, 0.3) is 5.57 Å². The zero-order valence-electron chi connectivity index (χ0n) is 10.4. The first-order valence-electron chi connectivity index (χ1n) is 6.09. The maximum absolute atomic E-state index is 9.97. The monoisotopic (exact) mass is 218 g/mol. The minimum atomic E-state index is -0.394. The van der Waals surface area contributed by atoms with Crippen molar-refractivity contribution in [2.75, 3.05) is 0 Å². The van der Waals surface area contributed by atoms with Gasteiger partial charge in [-0.1, -0.05) is 62.6 Å². The van der Waals surface area contributed by atoms with Gasteiger partial charge in [-0.15, -0.1) is 0 Å². The Kier molecular flexibility index (Phi) is 5.27. The minimum Gasteiger partial charge on any atom is -0.388 e. The third-order valence-electron chi connectivity index (χ3n) is 2.91. The Hall–Kier alpha value is -1.08. The molecule has 1 rings (SSSR count). The predicted octanol–water partition coefficient (Wildman–Crippen LogP) is 3.95. The van der Waals surface area contributed by atoms with Crippen molar-refractivity contribution in [1.29, 1.82) is 0 Å².